The molecule has 0 N–H and O–H groups in total. The van der Waals surface area contributed by atoms with Gasteiger partial charge < -0.3 is 14.4 Å². The van der Waals surface area contributed by atoms with Crippen molar-refractivity contribution in [3.05, 3.63) is 108 Å². The van der Waals surface area contributed by atoms with Gasteiger partial charge in [0.1, 0.15) is 0 Å². The van der Waals surface area contributed by atoms with Gasteiger partial charge in [-0.3, -0.25) is 0 Å². The molecular weight excluding hydrogens is 795 g/mol. The van der Waals surface area contributed by atoms with Crippen molar-refractivity contribution in [3.63, 3.8) is 0 Å². The number of aryl methyl sites for hydroxylation is 1. The molecule has 1 radical (unpaired) electrons. The van der Waals surface area contributed by atoms with Crippen LogP contribution in [0.5, 0.6) is 0 Å². The third-order valence-corrected chi connectivity index (χ3v) is 12.0. The number of pyridine rings is 3. The minimum absolute atomic E-state index is 0. The van der Waals surface area contributed by atoms with Crippen molar-refractivity contribution in [2.75, 3.05) is 0 Å². The van der Waals surface area contributed by atoms with Crippen LogP contribution in [0.15, 0.2) is 83.5 Å². The molecule has 49 heavy (non-hydrogen) atoms. The maximum atomic E-state index is 5.91. The van der Waals surface area contributed by atoms with Gasteiger partial charge in [-0.1, -0.05) is 83.3 Å². The van der Waals surface area contributed by atoms with E-state index in [0.29, 0.717) is 11.6 Å². The van der Waals surface area contributed by atoms with E-state index < -0.39 is 8.07 Å². The van der Waals surface area contributed by atoms with E-state index in [9.17, 15) is 0 Å². The van der Waals surface area contributed by atoms with Crippen LogP contribution >= 0.6 is 0 Å². The third kappa shape index (κ3) is 8.31. The molecule has 0 bridgehead atoms. The van der Waals surface area contributed by atoms with Crippen LogP contribution in [0.4, 0.5) is 0 Å². The van der Waals surface area contributed by atoms with Gasteiger partial charge in [-0.15, -0.1) is 59.7 Å². The fourth-order valence-corrected chi connectivity index (χ4v) is 8.77. The van der Waals surface area contributed by atoms with E-state index in [4.69, 9.17) is 4.42 Å². The van der Waals surface area contributed by atoms with Crippen molar-refractivity contribution in [1.82, 2.24) is 15.0 Å². The Morgan fingerprint density at radius 2 is 1.65 bits per heavy atom. The Balaban J connectivity index is 0.000000199. The maximum absolute atomic E-state index is 5.91. The van der Waals surface area contributed by atoms with Gasteiger partial charge in [0.15, 0.2) is 0 Å². The van der Waals surface area contributed by atoms with Gasteiger partial charge in [0, 0.05) is 43.6 Å². The van der Waals surface area contributed by atoms with Gasteiger partial charge in [0.05, 0.1) is 13.7 Å². The fraction of sp³-hybridized carbons (Fsp3) is 0.372. The van der Waals surface area contributed by atoms with Crippen LogP contribution in [0.2, 0.25) is 19.6 Å². The monoisotopic (exact) mass is 844 g/mol. The molecule has 0 aliphatic heterocycles. The SMILES string of the molecule is CC(C)Cc1cc(-c2[c-]cccc2)ncc1[Si](C)(C)C.Cc1ccc2c(n1)oc1c[c-]c(-c3cc(C(C)(C)C4CCCC4)ccn3)cc12.[Ir]. The zero-order valence-electron chi connectivity index (χ0n) is 30.3. The third-order valence-electron chi connectivity index (χ3n) is 9.98. The summed E-state index contributed by atoms with van der Waals surface area (Å²) in [4.78, 5) is 13.9. The standard InChI is InChI=1S/C25H25N2O.C18H24NSi.Ir/c1-16-8-10-20-21-14-17(9-11-23(21)28-24(20)27-16)22-15-19(12-13-26-22)25(2,3)18-6-4-5-7-18;1-14(2)11-16-12-17(15-9-7-6-8-10-15)19-13-18(16)20(3,4)5;/h8,10-15,18H,4-7H2,1-3H3;6-9,12-14H,11H2,1-5H3;/q2*-1;. The largest absolute Gasteiger partial charge is 0.486 e. The smallest absolute Gasteiger partial charge is 0.216 e. The van der Waals surface area contributed by atoms with Crippen LogP contribution in [0, 0.1) is 30.9 Å². The second-order valence-electron chi connectivity index (χ2n) is 15.5. The Labute approximate surface area is 307 Å². The predicted octanol–water partition coefficient (Wildman–Crippen LogP) is 10.9. The number of hydrogen-bond donors (Lipinski definition) is 0. The number of benzene rings is 2. The summed E-state index contributed by atoms with van der Waals surface area (Å²) < 4.78 is 5.91. The molecule has 2 aromatic carbocycles. The number of hydrogen-bond acceptors (Lipinski definition) is 4. The summed E-state index contributed by atoms with van der Waals surface area (Å²) in [7, 11) is -1.34. The summed E-state index contributed by atoms with van der Waals surface area (Å²) >= 11 is 0. The Hall–Kier alpha value is -3.44. The first-order valence-electron chi connectivity index (χ1n) is 17.5. The quantitative estimate of drug-likeness (QED) is 0.119. The summed E-state index contributed by atoms with van der Waals surface area (Å²) in [5.74, 6) is 1.42. The molecule has 0 spiro atoms. The average Bonchev–Trinajstić information content (AvgIpc) is 3.73. The van der Waals surface area contributed by atoms with Crippen LogP contribution in [-0.4, -0.2) is 23.0 Å². The van der Waals surface area contributed by atoms with Crippen LogP contribution < -0.4 is 5.19 Å². The fourth-order valence-electron chi connectivity index (χ4n) is 7.18. The van der Waals surface area contributed by atoms with E-state index in [1.165, 1.54) is 42.0 Å². The molecule has 0 atom stereocenters. The molecule has 257 valence electrons. The molecule has 6 aromatic rings. The molecule has 1 fully saturated rings. The van der Waals surface area contributed by atoms with Gasteiger partial charge in [-0.2, -0.15) is 0 Å². The van der Waals surface area contributed by atoms with Crippen molar-refractivity contribution in [3.8, 4) is 22.5 Å². The van der Waals surface area contributed by atoms with Crippen molar-refractivity contribution in [2.45, 2.75) is 91.8 Å². The maximum Gasteiger partial charge on any atom is 0.216 e. The number of rotatable bonds is 7. The van der Waals surface area contributed by atoms with E-state index in [1.54, 1.807) is 0 Å². The van der Waals surface area contributed by atoms with Crippen LogP contribution in [0.1, 0.15) is 70.2 Å². The molecule has 4 heterocycles. The van der Waals surface area contributed by atoms with Gasteiger partial charge >= 0.3 is 0 Å². The molecule has 0 unspecified atom stereocenters. The molecule has 7 rings (SSSR count). The first-order chi connectivity index (χ1) is 22.9. The van der Waals surface area contributed by atoms with Gasteiger partial charge in [0.2, 0.25) is 5.71 Å². The minimum atomic E-state index is -1.34. The Morgan fingerprint density at radius 3 is 2.35 bits per heavy atom. The molecule has 0 amide bonds. The average molecular weight is 844 g/mol. The van der Waals surface area contributed by atoms with Crippen molar-refractivity contribution >= 4 is 35.3 Å². The second-order valence-corrected chi connectivity index (χ2v) is 20.6. The summed E-state index contributed by atoms with van der Waals surface area (Å²) in [6.45, 7) is 18.5. The molecule has 0 saturated heterocycles. The number of nitrogens with zero attached hydrogens (tertiary/aromatic N) is 3. The van der Waals surface area contributed by atoms with Crippen LogP contribution in [-0.2, 0) is 31.9 Å². The van der Waals surface area contributed by atoms with Gasteiger partial charge in [0.25, 0.3) is 0 Å². The molecule has 1 aliphatic rings. The number of furan rings is 1. The topological polar surface area (TPSA) is 51.8 Å². The summed E-state index contributed by atoms with van der Waals surface area (Å²) in [5, 5.41) is 3.60. The minimum Gasteiger partial charge on any atom is -0.486 e. The van der Waals surface area contributed by atoms with Gasteiger partial charge in [-0.25, -0.2) is 4.98 Å². The zero-order chi connectivity index (χ0) is 34.1. The van der Waals surface area contributed by atoms with E-state index in [2.05, 4.69) is 117 Å². The number of aromatic nitrogens is 3. The van der Waals surface area contributed by atoms with E-state index >= 15 is 0 Å². The molecule has 6 heteroatoms. The summed E-state index contributed by atoms with van der Waals surface area (Å²) in [6, 6.07) is 29.6. The molecular formula is C43H49IrN3OSi-2. The van der Waals surface area contributed by atoms with Gasteiger partial charge in [-0.05, 0) is 83.8 Å². The predicted molar refractivity (Wildman–Crippen MR) is 203 cm³/mol. The van der Waals surface area contributed by atoms with Crippen LogP contribution in [0.25, 0.3) is 44.6 Å². The van der Waals surface area contributed by atoms with Crippen molar-refractivity contribution in [2.24, 2.45) is 11.8 Å². The Morgan fingerprint density at radius 1 is 0.898 bits per heavy atom. The van der Waals surface area contributed by atoms with E-state index in [-0.39, 0.29) is 25.5 Å². The molecule has 1 saturated carbocycles. The Kier molecular flexibility index (Phi) is 11.4. The van der Waals surface area contributed by atoms with E-state index in [0.717, 1.165) is 56.9 Å². The van der Waals surface area contributed by atoms with Crippen molar-refractivity contribution < 1.29 is 24.5 Å². The first kappa shape index (κ1) is 36.8. The normalized spacial score (nSPS) is 13.8. The molecule has 4 aromatic heterocycles. The summed E-state index contributed by atoms with van der Waals surface area (Å²) in [6.07, 6.45) is 10.6. The Bertz CT molecular complexity index is 2020. The number of fused-ring (bicyclic) bond motifs is 3. The molecule has 4 nitrogen and oxygen atoms in total. The van der Waals surface area contributed by atoms with Crippen LogP contribution in [0.3, 0.4) is 0 Å². The second kappa shape index (κ2) is 15.2. The summed E-state index contributed by atoms with van der Waals surface area (Å²) in [5.41, 5.74) is 9.57. The first-order valence-corrected chi connectivity index (χ1v) is 21.0. The van der Waals surface area contributed by atoms with E-state index in [1.807, 2.05) is 43.5 Å². The van der Waals surface area contributed by atoms with Crippen molar-refractivity contribution in [1.29, 1.82) is 0 Å². The zero-order valence-corrected chi connectivity index (χ0v) is 33.7. The molecule has 1 aliphatic carbocycles.